The number of hydrogen-bond acceptors (Lipinski definition) is 5. The predicted molar refractivity (Wildman–Crippen MR) is 88.7 cm³/mol. The lowest BCUT2D eigenvalue weighted by Gasteiger charge is -2.35. The minimum absolute atomic E-state index is 0.0644. The van der Waals surface area contributed by atoms with Crippen LogP contribution in [0.15, 0.2) is 53.7 Å². The molecule has 2 aromatic rings. The van der Waals surface area contributed by atoms with Crippen LogP contribution in [0.3, 0.4) is 0 Å². The van der Waals surface area contributed by atoms with Crippen molar-refractivity contribution >= 4 is 15.9 Å². The molecule has 8 heteroatoms. The van der Waals surface area contributed by atoms with Gasteiger partial charge in [-0.1, -0.05) is 12.1 Å². The molecular weight excluding hydrogens is 328 g/mol. The highest BCUT2D eigenvalue weighted by molar-refractivity contribution is 7.89. The van der Waals surface area contributed by atoms with Crippen LogP contribution in [0.5, 0.6) is 0 Å². The molecule has 1 unspecified atom stereocenters. The van der Waals surface area contributed by atoms with Gasteiger partial charge in [0.05, 0.1) is 10.9 Å². The number of benzene rings is 1. The smallest absolute Gasteiger partial charge is 0.248 e. The summed E-state index contributed by atoms with van der Waals surface area (Å²) in [5.41, 5.74) is 6.25. The Morgan fingerprint density at radius 3 is 2.83 bits per heavy atom. The normalized spacial score (nSPS) is 19.1. The summed E-state index contributed by atoms with van der Waals surface area (Å²) in [5.74, 6) is -0.656. The van der Waals surface area contributed by atoms with Crippen molar-refractivity contribution in [3.63, 3.8) is 0 Å². The predicted octanol–water partition coefficient (Wildman–Crippen LogP) is 0.516. The number of carbonyl (C=O) groups is 1. The summed E-state index contributed by atoms with van der Waals surface area (Å²) in [7, 11) is -3.76. The molecule has 1 aromatic carbocycles. The van der Waals surface area contributed by atoms with E-state index in [9.17, 15) is 13.2 Å². The lowest BCUT2D eigenvalue weighted by Crippen LogP contribution is -2.48. The zero-order valence-corrected chi connectivity index (χ0v) is 13.7. The number of nitrogens with one attached hydrogen (secondary N) is 1. The quantitative estimate of drug-likeness (QED) is 0.839. The van der Waals surface area contributed by atoms with Crippen molar-refractivity contribution in [1.29, 1.82) is 0 Å². The van der Waals surface area contributed by atoms with Crippen LogP contribution in [0.1, 0.15) is 22.0 Å². The number of aromatic nitrogens is 1. The highest BCUT2D eigenvalue weighted by atomic mass is 32.2. The Labute approximate surface area is 140 Å². The third-order valence-electron chi connectivity index (χ3n) is 3.99. The Kier molecular flexibility index (Phi) is 4.61. The van der Waals surface area contributed by atoms with Gasteiger partial charge in [-0.2, -0.15) is 4.31 Å². The van der Waals surface area contributed by atoms with Gasteiger partial charge in [0, 0.05) is 37.6 Å². The summed E-state index contributed by atoms with van der Waals surface area (Å²) in [4.78, 5) is 15.5. The maximum absolute atomic E-state index is 13.1. The molecule has 1 atom stereocenters. The van der Waals surface area contributed by atoms with Crippen LogP contribution in [0.25, 0.3) is 0 Å². The summed E-state index contributed by atoms with van der Waals surface area (Å²) in [6.45, 7) is 1.40. The first-order chi connectivity index (χ1) is 11.5. The van der Waals surface area contributed by atoms with E-state index in [1.807, 2.05) is 6.07 Å². The van der Waals surface area contributed by atoms with Crippen molar-refractivity contribution in [2.75, 3.05) is 19.6 Å². The molecule has 0 radical (unpaired) electrons. The maximum atomic E-state index is 13.1. The fourth-order valence-corrected chi connectivity index (χ4v) is 4.44. The minimum Gasteiger partial charge on any atom is -0.366 e. The van der Waals surface area contributed by atoms with Crippen LogP contribution in [0.4, 0.5) is 0 Å². The molecule has 0 aliphatic carbocycles. The number of rotatable bonds is 4. The molecule has 24 heavy (non-hydrogen) atoms. The van der Waals surface area contributed by atoms with Gasteiger partial charge in [-0.25, -0.2) is 8.42 Å². The lowest BCUT2D eigenvalue weighted by atomic mass is 10.1. The largest absolute Gasteiger partial charge is 0.366 e. The number of primary amides is 1. The first-order valence-corrected chi connectivity index (χ1v) is 8.96. The van der Waals surface area contributed by atoms with Crippen LogP contribution < -0.4 is 11.1 Å². The van der Waals surface area contributed by atoms with E-state index in [-0.39, 0.29) is 16.5 Å². The van der Waals surface area contributed by atoms with Crippen molar-refractivity contribution < 1.29 is 13.2 Å². The van der Waals surface area contributed by atoms with Gasteiger partial charge in [0.1, 0.15) is 0 Å². The number of amides is 1. The van der Waals surface area contributed by atoms with Crippen LogP contribution in [0.2, 0.25) is 0 Å². The minimum atomic E-state index is -3.76. The molecule has 0 saturated carbocycles. The lowest BCUT2D eigenvalue weighted by molar-refractivity contribution is 0.1000. The van der Waals surface area contributed by atoms with Gasteiger partial charge in [0.2, 0.25) is 15.9 Å². The van der Waals surface area contributed by atoms with E-state index < -0.39 is 15.9 Å². The summed E-state index contributed by atoms with van der Waals surface area (Å²) < 4.78 is 27.6. The third kappa shape index (κ3) is 3.16. The van der Waals surface area contributed by atoms with Gasteiger partial charge >= 0.3 is 0 Å². The van der Waals surface area contributed by atoms with E-state index in [4.69, 9.17) is 5.73 Å². The fourth-order valence-electron chi connectivity index (χ4n) is 2.78. The number of nitrogens with two attached hydrogens (primary N) is 1. The van der Waals surface area contributed by atoms with Crippen molar-refractivity contribution in [2.45, 2.75) is 10.9 Å². The van der Waals surface area contributed by atoms with Crippen molar-refractivity contribution in [1.82, 2.24) is 14.6 Å². The molecule has 3 rings (SSSR count). The van der Waals surface area contributed by atoms with Crippen molar-refractivity contribution in [2.24, 2.45) is 5.73 Å². The summed E-state index contributed by atoms with van der Waals surface area (Å²) >= 11 is 0. The number of nitrogens with zero attached hydrogens (tertiary/aromatic N) is 2. The van der Waals surface area contributed by atoms with Crippen molar-refractivity contribution in [3.8, 4) is 0 Å². The highest BCUT2D eigenvalue weighted by Crippen LogP contribution is 2.28. The van der Waals surface area contributed by atoms with Gasteiger partial charge in [-0.3, -0.25) is 9.78 Å². The van der Waals surface area contributed by atoms with Crippen LogP contribution >= 0.6 is 0 Å². The van der Waals surface area contributed by atoms with Gasteiger partial charge < -0.3 is 11.1 Å². The average Bonchev–Trinajstić information content (AvgIpc) is 2.62. The molecule has 0 spiro atoms. The summed E-state index contributed by atoms with van der Waals surface area (Å²) in [5, 5.41) is 3.21. The summed E-state index contributed by atoms with van der Waals surface area (Å²) in [6.07, 6.45) is 3.31. The Morgan fingerprint density at radius 2 is 2.12 bits per heavy atom. The molecule has 0 bridgehead atoms. The van der Waals surface area contributed by atoms with E-state index in [2.05, 4.69) is 10.3 Å². The van der Waals surface area contributed by atoms with Gasteiger partial charge in [0.25, 0.3) is 0 Å². The van der Waals surface area contributed by atoms with E-state index in [1.165, 1.54) is 28.6 Å². The number of piperazine rings is 1. The maximum Gasteiger partial charge on any atom is 0.248 e. The molecule has 2 heterocycles. The van der Waals surface area contributed by atoms with Crippen molar-refractivity contribution in [3.05, 3.63) is 59.9 Å². The fraction of sp³-hybridized carbons (Fsp3) is 0.250. The van der Waals surface area contributed by atoms with Crippen LogP contribution in [-0.2, 0) is 10.0 Å². The molecular formula is C16H18N4O3S. The van der Waals surface area contributed by atoms with E-state index >= 15 is 0 Å². The Bertz CT molecular complexity index is 839. The van der Waals surface area contributed by atoms with Crippen LogP contribution in [0, 0.1) is 0 Å². The molecule has 1 aliphatic rings. The molecule has 1 amide bonds. The second-order valence-corrected chi connectivity index (χ2v) is 7.40. The molecule has 3 N–H and O–H groups in total. The molecule has 126 valence electrons. The SMILES string of the molecule is NC(=O)c1cccc(S(=O)(=O)N2CCNCC2c2cccnc2)c1. The Balaban J connectivity index is 2.00. The summed E-state index contributed by atoms with van der Waals surface area (Å²) in [6, 6.07) is 9.10. The first-order valence-electron chi connectivity index (χ1n) is 7.52. The number of pyridine rings is 1. The standard InChI is InChI=1S/C16H18N4O3S/c17-16(21)12-3-1-5-14(9-12)24(22,23)20-8-7-19-11-15(20)13-4-2-6-18-10-13/h1-6,9-10,15,19H,7-8,11H2,(H2,17,21). The number of sulfonamides is 1. The third-order valence-corrected chi connectivity index (χ3v) is 5.89. The Hall–Kier alpha value is -2.29. The molecule has 1 saturated heterocycles. The highest BCUT2D eigenvalue weighted by Gasteiger charge is 2.34. The molecule has 7 nitrogen and oxygen atoms in total. The number of carbonyl (C=O) groups excluding carboxylic acids is 1. The van der Waals surface area contributed by atoms with Crippen LogP contribution in [-0.4, -0.2) is 43.2 Å². The second kappa shape index (κ2) is 6.68. The molecule has 1 aliphatic heterocycles. The zero-order chi connectivity index (χ0) is 17.2. The Morgan fingerprint density at radius 1 is 1.29 bits per heavy atom. The topological polar surface area (TPSA) is 105 Å². The van der Waals surface area contributed by atoms with Gasteiger partial charge in [0.15, 0.2) is 0 Å². The monoisotopic (exact) mass is 346 g/mol. The zero-order valence-electron chi connectivity index (χ0n) is 12.9. The van der Waals surface area contributed by atoms with E-state index in [1.54, 1.807) is 18.5 Å². The van der Waals surface area contributed by atoms with Gasteiger partial charge in [-0.15, -0.1) is 0 Å². The second-order valence-electron chi connectivity index (χ2n) is 5.51. The van der Waals surface area contributed by atoms with E-state index in [0.29, 0.717) is 19.6 Å². The molecule has 1 aromatic heterocycles. The van der Waals surface area contributed by atoms with Gasteiger partial charge in [-0.05, 0) is 29.8 Å². The molecule has 1 fully saturated rings. The first kappa shape index (κ1) is 16.6. The van der Waals surface area contributed by atoms with E-state index in [0.717, 1.165) is 5.56 Å². The number of hydrogen-bond donors (Lipinski definition) is 2. The average molecular weight is 346 g/mol.